The zero-order valence-electron chi connectivity index (χ0n) is 15.7. The van der Waals surface area contributed by atoms with Gasteiger partial charge in [-0.25, -0.2) is 0 Å². The van der Waals surface area contributed by atoms with E-state index in [1.54, 1.807) is 0 Å². The lowest BCUT2D eigenvalue weighted by Gasteiger charge is -2.60. The summed E-state index contributed by atoms with van der Waals surface area (Å²) in [4.78, 5) is 12.8. The number of Topliss-reactive ketones (excluding diaryl/α,β-unsaturated/α-hetero) is 1. The van der Waals surface area contributed by atoms with Gasteiger partial charge >= 0.3 is 0 Å². The molecule has 4 rings (SSSR count). The van der Waals surface area contributed by atoms with Crippen LogP contribution < -0.4 is 0 Å². The molecule has 0 aromatic rings. The van der Waals surface area contributed by atoms with E-state index in [0.29, 0.717) is 34.4 Å². The number of carbonyl (C=O) groups is 1. The highest BCUT2D eigenvalue weighted by Gasteiger charge is 2.62. The molecule has 4 aliphatic carbocycles. The lowest BCUT2D eigenvalue weighted by Crippen LogP contribution is -2.53. The summed E-state index contributed by atoms with van der Waals surface area (Å²) in [7, 11) is 0. The minimum Gasteiger partial charge on any atom is -0.299 e. The fourth-order valence-electron chi connectivity index (χ4n) is 8.26. The van der Waals surface area contributed by atoms with E-state index < -0.39 is 0 Å². The summed E-state index contributed by atoms with van der Waals surface area (Å²) in [5, 5.41) is 0. The summed E-state index contributed by atoms with van der Waals surface area (Å²) < 4.78 is 0. The summed E-state index contributed by atoms with van der Waals surface area (Å²) in [5.74, 6) is 4.91. The number of hydrogen-bond donors (Lipinski definition) is 0. The van der Waals surface area contributed by atoms with Crippen molar-refractivity contribution < 1.29 is 4.79 Å². The highest BCUT2D eigenvalue weighted by molar-refractivity contribution is 5.85. The van der Waals surface area contributed by atoms with Crippen LogP contribution in [0.5, 0.6) is 0 Å². The van der Waals surface area contributed by atoms with Crippen molar-refractivity contribution in [3.05, 3.63) is 0 Å². The predicted molar refractivity (Wildman–Crippen MR) is 95.1 cm³/mol. The van der Waals surface area contributed by atoms with Gasteiger partial charge in [-0.05, 0) is 78.9 Å². The molecular weight excluding hydrogens is 280 g/mol. The third-order valence-corrected chi connectivity index (χ3v) is 9.17. The Morgan fingerprint density at radius 2 is 1.70 bits per heavy atom. The van der Waals surface area contributed by atoms with Crippen LogP contribution in [0.3, 0.4) is 0 Å². The fourth-order valence-corrected chi connectivity index (χ4v) is 8.26. The summed E-state index contributed by atoms with van der Waals surface area (Å²) in [6.07, 6.45) is 12.4. The van der Waals surface area contributed by atoms with Crippen molar-refractivity contribution in [2.75, 3.05) is 0 Å². The first kappa shape index (κ1) is 16.2. The van der Waals surface area contributed by atoms with Crippen LogP contribution in [0, 0.1) is 46.3 Å². The minimum absolute atomic E-state index is 0.310. The Balaban J connectivity index is 1.66. The van der Waals surface area contributed by atoms with E-state index in [1.807, 2.05) is 0 Å². The second-order valence-electron chi connectivity index (χ2n) is 10.3. The van der Waals surface area contributed by atoms with Crippen LogP contribution in [0.4, 0.5) is 0 Å². The molecule has 1 nitrogen and oxygen atoms in total. The number of carbonyl (C=O) groups excluding carboxylic acids is 1. The van der Waals surface area contributed by atoms with Gasteiger partial charge in [0.15, 0.2) is 0 Å². The van der Waals surface area contributed by atoms with Crippen LogP contribution in [0.1, 0.15) is 85.5 Å². The van der Waals surface area contributed by atoms with Gasteiger partial charge in [-0.15, -0.1) is 0 Å². The van der Waals surface area contributed by atoms with Gasteiger partial charge in [0.2, 0.25) is 0 Å². The Morgan fingerprint density at radius 3 is 2.43 bits per heavy atom. The SMILES string of the molecule is CC(C)[C@H]1C(=O)C[C@H]2[C@@H]3CC[C@H]4CCCC[C@]4(C)[C@H]3CC[C@]12C. The van der Waals surface area contributed by atoms with Gasteiger partial charge in [0, 0.05) is 12.3 Å². The molecule has 0 unspecified atom stereocenters. The molecular formula is C22H36O. The molecule has 0 aromatic heterocycles. The average Bonchev–Trinajstić information content (AvgIpc) is 2.77. The van der Waals surface area contributed by atoms with Gasteiger partial charge in [-0.3, -0.25) is 4.79 Å². The van der Waals surface area contributed by atoms with E-state index >= 15 is 0 Å². The maximum absolute atomic E-state index is 12.8. The first-order valence-electron chi connectivity index (χ1n) is 10.4. The maximum Gasteiger partial charge on any atom is 0.137 e. The second kappa shape index (κ2) is 5.33. The van der Waals surface area contributed by atoms with Gasteiger partial charge in [0.25, 0.3) is 0 Å². The van der Waals surface area contributed by atoms with Crippen LogP contribution >= 0.6 is 0 Å². The van der Waals surface area contributed by atoms with Gasteiger partial charge in [0.1, 0.15) is 5.78 Å². The number of fused-ring (bicyclic) bond motifs is 5. The molecule has 0 heterocycles. The first-order valence-corrected chi connectivity index (χ1v) is 10.4. The van der Waals surface area contributed by atoms with E-state index in [1.165, 1.54) is 51.4 Å². The smallest absolute Gasteiger partial charge is 0.137 e. The standard InChI is InChI=1S/C22H36O/c1-14(2)20-19(23)13-18-16-9-8-15-7-5-6-11-21(15,3)17(16)10-12-22(18,20)4/h14-18,20H,5-13H2,1-4H3/t15-,16-,17+,18+,20+,21+,22+/m1/s1. The van der Waals surface area contributed by atoms with Crippen molar-refractivity contribution in [1.82, 2.24) is 0 Å². The van der Waals surface area contributed by atoms with Crippen LogP contribution in [-0.4, -0.2) is 5.78 Å². The van der Waals surface area contributed by atoms with Crippen molar-refractivity contribution >= 4 is 5.78 Å². The number of hydrogen-bond acceptors (Lipinski definition) is 1. The molecule has 4 fully saturated rings. The van der Waals surface area contributed by atoms with E-state index in [4.69, 9.17) is 0 Å². The Kier molecular flexibility index (Phi) is 3.75. The molecule has 0 spiro atoms. The van der Waals surface area contributed by atoms with Gasteiger partial charge in [-0.2, -0.15) is 0 Å². The molecule has 0 bridgehead atoms. The average molecular weight is 317 g/mol. The van der Waals surface area contributed by atoms with Crippen molar-refractivity contribution in [3.8, 4) is 0 Å². The molecule has 7 atom stereocenters. The molecule has 4 saturated carbocycles. The number of ketones is 1. The topological polar surface area (TPSA) is 17.1 Å². The summed E-state index contributed by atoms with van der Waals surface area (Å²) in [6, 6.07) is 0. The van der Waals surface area contributed by atoms with E-state index in [2.05, 4.69) is 27.7 Å². The molecule has 130 valence electrons. The highest BCUT2D eigenvalue weighted by Crippen LogP contribution is 2.67. The van der Waals surface area contributed by atoms with Crippen LogP contribution in [0.2, 0.25) is 0 Å². The van der Waals surface area contributed by atoms with Gasteiger partial charge in [-0.1, -0.05) is 40.5 Å². The van der Waals surface area contributed by atoms with Crippen LogP contribution in [0.15, 0.2) is 0 Å². The summed E-state index contributed by atoms with van der Waals surface area (Å²) in [5.41, 5.74) is 0.908. The Morgan fingerprint density at radius 1 is 0.913 bits per heavy atom. The summed E-state index contributed by atoms with van der Waals surface area (Å²) in [6.45, 7) is 9.68. The van der Waals surface area contributed by atoms with Gasteiger partial charge < -0.3 is 0 Å². The third-order valence-electron chi connectivity index (χ3n) is 9.17. The van der Waals surface area contributed by atoms with Crippen LogP contribution in [0.25, 0.3) is 0 Å². The molecule has 1 heteroatoms. The molecule has 0 aromatic carbocycles. The van der Waals surface area contributed by atoms with Crippen molar-refractivity contribution in [2.45, 2.75) is 85.5 Å². The Hall–Kier alpha value is -0.330. The lowest BCUT2D eigenvalue weighted by atomic mass is 9.44. The zero-order valence-corrected chi connectivity index (χ0v) is 15.7. The second-order valence-corrected chi connectivity index (χ2v) is 10.3. The first-order chi connectivity index (χ1) is 10.9. The zero-order chi connectivity index (χ0) is 16.4. The third kappa shape index (κ3) is 2.13. The quantitative estimate of drug-likeness (QED) is 0.591. The van der Waals surface area contributed by atoms with E-state index in [-0.39, 0.29) is 0 Å². The van der Waals surface area contributed by atoms with Crippen molar-refractivity contribution in [1.29, 1.82) is 0 Å². The van der Waals surface area contributed by atoms with Gasteiger partial charge in [0.05, 0.1) is 0 Å². The van der Waals surface area contributed by atoms with E-state index in [0.717, 1.165) is 24.2 Å². The lowest BCUT2D eigenvalue weighted by molar-refractivity contribution is -0.125. The Labute approximate surface area is 143 Å². The molecule has 0 saturated heterocycles. The monoisotopic (exact) mass is 316 g/mol. The molecule has 0 aliphatic heterocycles. The largest absolute Gasteiger partial charge is 0.299 e. The maximum atomic E-state index is 12.8. The molecule has 0 radical (unpaired) electrons. The molecule has 4 aliphatic rings. The fraction of sp³-hybridized carbons (Fsp3) is 0.955. The summed E-state index contributed by atoms with van der Waals surface area (Å²) >= 11 is 0. The predicted octanol–water partition coefficient (Wildman–Crippen LogP) is 5.87. The van der Waals surface area contributed by atoms with Crippen molar-refractivity contribution in [3.63, 3.8) is 0 Å². The van der Waals surface area contributed by atoms with E-state index in [9.17, 15) is 4.79 Å². The van der Waals surface area contributed by atoms with Crippen LogP contribution in [-0.2, 0) is 4.79 Å². The minimum atomic E-state index is 0.310. The molecule has 0 amide bonds. The molecule has 23 heavy (non-hydrogen) atoms. The molecule has 0 N–H and O–H groups in total. The highest BCUT2D eigenvalue weighted by atomic mass is 16.1. The number of rotatable bonds is 1. The normalized spacial score (nSPS) is 52.9. The Bertz CT molecular complexity index is 494. The van der Waals surface area contributed by atoms with Crippen molar-refractivity contribution in [2.24, 2.45) is 46.3 Å².